The summed E-state index contributed by atoms with van der Waals surface area (Å²) in [7, 11) is 0. The highest BCUT2D eigenvalue weighted by atomic mass is 16.1. The molecule has 3 atom stereocenters. The molecule has 28 heavy (non-hydrogen) atoms. The number of hydrogen-bond acceptors (Lipinski definition) is 2. The van der Waals surface area contributed by atoms with Crippen LogP contribution in [0.2, 0.25) is 0 Å². The Balaban J connectivity index is 0.000000346. The Morgan fingerprint density at radius 3 is 2.43 bits per heavy atom. The SMILES string of the molecule is CC1CC=C2C3=C(CCC21C)C1(C)CCC(=O)C=C1C1(CC1)C3.CCC(C)=O. The summed E-state index contributed by atoms with van der Waals surface area (Å²) in [5.41, 5.74) is 7.63. The van der Waals surface area contributed by atoms with Crippen LogP contribution >= 0.6 is 0 Å². The van der Waals surface area contributed by atoms with Gasteiger partial charge in [-0.25, -0.2) is 0 Å². The van der Waals surface area contributed by atoms with Crippen molar-refractivity contribution in [3.05, 3.63) is 34.4 Å². The molecule has 1 saturated carbocycles. The summed E-state index contributed by atoms with van der Waals surface area (Å²) in [6.07, 6.45) is 14.8. The fourth-order valence-corrected chi connectivity index (χ4v) is 6.39. The van der Waals surface area contributed by atoms with Gasteiger partial charge in [0.1, 0.15) is 5.78 Å². The normalized spacial score (nSPS) is 37.2. The third-order valence-electron chi connectivity index (χ3n) is 8.84. The summed E-state index contributed by atoms with van der Waals surface area (Å²) in [6.45, 7) is 10.8. The minimum absolute atomic E-state index is 0.186. The standard InChI is InChI=1S/C22H28O.C4H8O/c1-14-4-5-17-16-13-22(10-11-22)19-12-15(23)6-8-21(19,3)18(16)7-9-20(14,17)2;1-3-4(2)5/h5,12,14H,4,6-11,13H2,1-3H3;3H2,1-2H3. The van der Waals surface area contributed by atoms with E-state index in [9.17, 15) is 9.59 Å². The predicted molar refractivity (Wildman–Crippen MR) is 114 cm³/mol. The number of ketones is 2. The van der Waals surface area contributed by atoms with Gasteiger partial charge in [0.15, 0.2) is 5.78 Å². The molecule has 0 aliphatic heterocycles. The monoisotopic (exact) mass is 380 g/mol. The first-order valence-corrected chi connectivity index (χ1v) is 11.3. The number of fused-ring (bicyclic) bond motifs is 5. The van der Waals surface area contributed by atoms with Crippen molar-refractivity contribution in [1.82, 2.24) is 0 Å². The van der Waals surface area contributed by atoms with Crippen LogP contribution in [-0.2, 0) is 9.59 Å². The zero-order valence-corrected chi connectivity index (χ0v) is 18.4. The summed E-state index contributed by atoms with van der Waals surface area (Å²) < 4.78 is 0. The first kappa shape index (κ1) is 19.9. The van der Waals surface area contributed by atoms with E-state index in [-0.39, 0.29) is 11.2 Å². The molecule has 2 nitrogen and oxygen atoms in total. The maximum atomic E-state index is 12.1. The van der Waals surface area contributed by atoms with Crippen molar-refractivity contribution in [2.45, 2.75) is 92.4 Å². The van der Waals surface area contributed by atoms with Gasteiger partial charge in [-0.3, -0.25) is 4.79 Å². The van der Waals surface area contributed by atoms with E-state index in [1.165, 1.54) is 44.1 Å². The summed E-state index contributed by atoms with van der Waals surface area (Å²) in [5, 5.41) is 0. The third kappa shape index (κ3) is 2.82. The van der Waals surface area contributed by atoms with Gasteiger partial charge in [-0.2, -0.15) is 0 Å². The lowest BCUT2D eigenvalue weighted by Gasteiger charge is -2.52. The Morgan fingerprint density at radius 2 is 1.82 bits per heavy atom. The summed E-state index contributed by atoms with van der Waals surface area (Å²) >= 11 is 0. The molecule has 5 rings (SSSR count). The van der Waals surface area contributed by atoms with Crippen molar-refractivity contribution >= 4 is 11.6 Å². The average Bonchev–Trinajstić information content (AvgIpc) is 3.35. The maximum Gasteiger partial charge on any atom is 0.155 e. The molecule has 1 fully saturated rings. The van der Waals surface area contributed by atoms with Gasteiger partial charge in [-0.1, -0.05) is 44.9 Å². The maximum absolute atomic E-state index is 12.1. The first-order chi connectivity index (χ1) is 13.2. The first-order valence-electron chi connectivity index (χ1n) is 11.3. The highest BCUT2D eigenvalue weighted by Crippen LogP contribution is 2.71. The fourth-order valence-electron chi connectivity index (χ4n) is 6.39. The van der Waals surface area contributed by atoms with Crippen molar-refractivity contribution in [3.63, 3.8) is 0 Å². The Kier molecular flexibility index (Phi) is 4.64. The second kappa shape index (κ2) is 6.54. The van der Waals surface area contributed by atoms with Crippen LogP contribution in [0.15, 0.2) is 34.4 Å². The van der Waals surface area contributed by atoms with E-state index in [1.807, 2.05) is 6.92 Å². The van der Waals surface area contributed by atoms with Gasteiger partial charge >= 0.3 is 0 Å². The highest BCUT2D eigenvalue weighted by Gasteiger charge is 2.60. The Morgan fingerprint density at radius 1 is 1.14 bits per heavy atom. The predicted octanol–water partition coefficient (Wildman–Crippen LogP) is 6.51. The smallest absolute Gasteiger partial charge is 0.155 e. The van der Waals surface area contributed by atoms with E-state index in [4.69, 9.17) is 0 Å². The van der Waals surface area contributed by atoms with E-state index < -0.39 is 0 Å². The molecule has 152 valence electrons. The van der Waals surface area contributed by atoms with Crippen LogP contribution in [0.4, 0.5) is 0 Å². The minimum atomic E-state index is 0.186. The summed E-state index contributed by atoms with van der Waals surface area (Å²) in [5.74, 6) is 1.42. The molecule has 0 aromatic rings. The minimum Gasteiger partial charge on any atom is -0.300 e. The molecule has 0 aromatic heterocycles. The Bertz CT molecular complexity index is 819. The van der Waals surface area contributed by atoms with Crippen LogP contribution in [0.1, 0.15) is 92.4 Å². The van der Waals surface area contributed by atoms with Gasteiger partial charge < -0.3 is 4.79 Å². The van der Waals surface area contributed by atoms with Crippen LogP contribution in [0.25, 0.3) is 0 Å². The van der Waals surface area contributed by atoms with Crippen LogP contribution in [0.5, 0.6) is 0 Å². The van der Waals surface area contributed by atoms with Gasteiger partial charge in [0.2, 0.25) is 0 Å². The number of carbonyl (C=O) groups excluding carboxylic acids is 2. The molecule has 0 heterocycles. The van der Waals surface area contributed by atoms with E-state index >= 15 is 0 Å². The van der Waals surface area contributed by atoms with Crippen molar-refractivity contribution in [2.75, 3.05) is 0 Å². The van der Waals surface area contributed by atoms with Gasteiger partial charge in [-0.15, -0.1) is 0 Å². The van der Waals surface area contributed by atoms with Gasteiger partial charge in [-0.05, 0) is 85.8 Å². The van der Waals surface area contributed by atoms with Gasteiger partial charge in [0.25, 0.3) is 0 Å². The van der Waals surface area contributed by atoms with Crippen LogP contribution in [-0.4, -0.2) is 11.6 Å². The molecular weight excluding hydrogens is 344 g/mol. The zero-order chi connectivity index (χ0) is 20.3. The lowest BCUT2D eigenvalue weighted by Crippen LogP contribution is -2.41. The fraction of sp³-hybridized carbons (Fsp3) is 0.692. The second-order valence-corrected chi connectivity index (χ2v) is 10.5. The Hall–Kier alpha value is -1.44. The van der Waals surface area contributed by atoms with Crippen LogP contribution in [0, 0.1) is 22.2 Å². The number of rotatable bonds is 1. The number of carbonyl (C=O) groups is 2. The van der Waals surface area contributed by atoms with Crippen molar-refractivity contribution < 1.29 is 9.59 Å². The molecule has 0 aromatic carbocycles. The summed E-state index contributed by atoms with van der Waals surface area (Å²) in [4.78, 5) is 21.9. The van der Waals surface area contributed by atoms with Gasteiger partial charge in [0, 0.05) is 18.3 Å². The molecule has 5 aliphatic carbocycles. The molecule has 2 heteroatoms. The number of Topliss-reactive ketones (excluding diaryl/α,β-unsaturated/α-hetero) is 1. The number of allylic oxidation sites excluding steroid dienone is 6. The van der Waals surface area contributed by atoms with Crippen LogP contribution < -0.4 is 0 Å². The average molecular weight is 381 g/mol. The van der Waals surface area contributed by atoms with Crippen molar-refractivity contribution in [1.29, 1.82) is 0 Å². The van der Waals surface area contributed by atoms with E-state index in [0.29, 0.717) is 23.0 Å². The van der Waals surface area contributed by atoms with E-state index in [1.54, 1.807) is 23.6 Å². The molecule has 5 aliphatic rings. The zero-order valence-electron chi connectivity index (χ0n) is 18.4. The second-order valence-electron chi connectivity index (χ2n) is 10.5. The third-order valence-corrected chi connectivity index (χ3v) is 8.84. The molecule has 0 N–H and O–H groups in total. The van der Waals surface area contributed by atoms with Crippen molar-refractivity contribution in [3.8, 4) is 0 Å². The molecule has 3 unspecified atom stereocenters. The van der Waals surface area contributed by atoms with Gasteiger partial charge in [0.05, 0.1) is 0 Å². The largest absolute Gasteiger partial charge is 0.300 e. The topological polar surface area (TPSA) is 34.1 Å². The molecule has 1 spiro atoms. The highest BCUT2D eigenvalue weighted by molar-refractivity contribution is 5.92. The lowest BCUT2D eigenvalue weighted by atomic mass is 9.52. The quantitative estimate of drug-likeness (QED) is 0.519. The summed E-state index contributed by atoms with van der Waals surface area (Å²) in [6, 6.07) is 0. The van der Waals surface area contributed by atoms with Crippen molar-refractivity contribution in [2.24, 2.45) is 22.2 Å². The molecule has 0 saturated heterocycles. The molecule has 0 bridgehead atoms. The molecule has 0 radical (unpaired) electrons. The molecular formula is C26H36O2. The van der Waals surface area contributed by atoms with Crippen LogP contribution in [0.3, 0.4) is 0 Å². The molecule has 0 amide bonds. The Labute approximate surface area is 170 Å². The van der Waals surface area contributed by atoms with E-state index in [0.717, 1.165) is 18.8 Å². The lowest BCUT2D eigenvalue weighted by molar-refractivity contribution is -0.117. The van der Waals surface area contributed by atoms with E-state index in [2.05, 4.69) is 32.9 Å². The number of hydrogen-bond donors (Lipinski definition) is 0.